The number of ether oxygens (including phenoxy) is 1. The molecule has 0 aliphatic carbocycles. The van der Waals surface area contributed by atoms with Crippen molar-refractivity contribution >= 4 is 0 Å². The lowest BCUT2D eigenvalue weighted by molar-refractivity contribution is 0.0585. The van der Waals surface area contributed by atoms with Gasteiger partial charge in [-0.1, -0.05) is 6.07 Å². The first-order valence-corrected chi connectivity index (χ1v) is 4.90. The van der Waals surface area contributed by atoms with Gasteiger partial charge in [0.2, 0.25) is 0 Å². The number of hydrogen-bond donors (Lipinski definition) is 1. The Morgan fingerprint density at radius 3 is 2.40 bits per heavy atom. The van der Waals surface area contributed by atoms with Crippen molar-refractivity contribution in [3.63, 3.8) is 0 Å². The van der Waals surface area contributed by atoms with Gasteiger partial charge in [0, 0.05) is 13.2 Å². The van der Waals surface area contributed by atoms with E-state index in [9.17, 15) is 8.78 Å². The van der Waals surface area contributed by atoms with Gasteiger partial charge in [0.05, 0.1) is 5.56 Å². The minimum atomic E-state index is -0.582. The van der Waals surface area contributed by atoms with Gasteiger partial charge in [0.15, 0.2) is 0 Å². The first kappa shape index (κ1) is 12.1. The zero-order chi connectivity index (χ0) is 11.3. The second kappa shape index (κ2) is 5.78. The zero-order valence-corrected chi connectivity index (χ0v) is 8.89. The highest BCUT2D eigenvalue weighted by Crippen LogP contribution is 2.23. The fourth-order valence-corrected chi connectivity index (χ4v) is 1.45. The molecule has 1 aromatic rings. The second-order valence-electron chi connectivity index (χ2n) is 3.14. The molecule has 2 nitrogen and oxygen atoms in total. The second-order valence-corrected chi connectivity index (χ2v) is 3.14. The van der Waals surface area contributed by atoms with E-state index in [2.05, 4.69) is 5.32 Å². The lowest BCUT2D eigenvalue weighted by Gasteiger charge is -2.18. The molecule has 0 fully saturated rings. The molecule has 0 aliphatic rings. The van der Waals surface area contributed by atoms with Crippen molar-refractivity contribution in [3.8, 4) is 0 Å². The van der Waals surface area contributed by atoms with Crippen LogP contribution in [0.15, 0.2) is 18.2 Å². The molecule has 0 bridgehead atoms. The van der Waals surface area contributed by atoms with Crippen LogP contribution < -0.4 is 5.32 Å². The summed E-state index contributed by atoms with van der Waals surface area (Å²) in [5.41, 5.74) is -0.00583. The van der Waals surface area contributed by atoms with Crippen molar-refractivity contribution in [1.29, 1.82) is 0 Å². The highest BCUT2D eigenvalue weighted by atomic mass is 19.1. The molecule has 0 aromatic heterocycles. The minimum Gasteiger partial charge on any atom is -0.372 e. The highest BCUT2D eigenvalue weighted by molar-refractivity contribution is 5.22. The van der Waals surface area contributed by atoms with Crippen molar-refractivity contribution in [2.75, 3.05) is 20.2 Å². The third-order valence-electron chi connectivity index (χ3n) is 2.08. The maximum atomic E-state index is 13.4. The number of halogens is 2. The molecule has 1 aromatic carbocycles. The third-order valence-corrected chi connectivity index (χ3v) is 2.08. The normalized spacial score (nSPS) is 12.8. The summed E-state index contributed by atoms with van der Waals surface area (Å²) in [5.74, 6) is -1.13. The molecule has 15 heavy (non-hydrogen) atoms. The SMILES string of the molecule is CCO[C@@H](CNC)c1c(F)cccc1F. The Balaban J connectivity index is 2.98. The van der Waals surface area contributed by atoms with Crippen LogP contribution in [0.4, 0.5) is 8.78 Å². The van der Waals surface area contributed by atoms with E-state index < -0.39 is 17.7 Å². The summed E-state index contributed by atoms with van der Waals surface area (Å²) in [7, 11) is 1.71. The van der Waals surface area contributed by atoms with Crippen molar-refractivity contribution in [2.24, 2.45) is 0 Å². The van der Waals surface area contributed by atoms with Crippen LogP contribution in [0.5, 0.6) is 0 Å². The third kappa shape index (κ3) is 2.97. The Labute approximate surface area is 88.3 Å². The molecule has 0 saturated carbocycles. The molecule has 1 N–H and O–H groups in total. The van der Waals surface area contributed by atoms with E-state index in [1.165, 1.54) is 18.2 Å². The fraction of sp³-hybridized carbons (Fsp3) is 0.455. The van der Waals surface area contributed by atoms with Crippen molar-refractivity contribution in [3.05, 3.63) is 35.4 Å². The van der Waals surface area contributed by atoms with E-state index in [4.69, 9.17) is 4.74 Å². The topological polar surface area (TPSA) is 21.3 Å². The monoisotopic (exact) mass is 215 g/mol. The van der Waals surface area contributed by atoms with Gasteiger partial charge in [-0.15, -0.1) is 0 Å². The molecule has 0 saturated heterocycles. The number of rotatable bonds is 5. The number of benzene rings is 1. The minimum absolute atomic E-state index is 0.00583. The molecule has 4 heteroatoms. The van der Waals surface area contributed by atoms with Crippen LogP contribution in [-0.2, 0) is 4.74 Å². The smallest absolute Gasteiger partial charge is 0.132 e. The predicted octanol–water partition coefficient (Wildman–Crippen LogP) is 2.26. The van der Waals surface area contributed by atoms with E-state index in [1.54, 1.807) is 14.0 Å². The summed E-state index contributed by atoms with van der Waals surface area (Å²) < 4.78 is 32.1. The van der Waals surface area contributed by atoms with Crippen LogP contribution in [0.3, 0.4) is 0 Å². The van der Waals surface area contributed by atoms with Gasteiger partial charge < -0.3 is 10.1 Å². The van der Waals surface area contributed by atoms with Crippen molar-refractivity contribution in [1.82, 2.24) is 5.32 Å². The molecule has 0 aliphatic heterocycles. The maximum Gasteiger partial charge on any atom is 0.132 e. The van der Waals surface area contributed by atoms with Gasteiger partial charge in [0.25, 0.3) is 0 Å². The maximum absolute atomic E-state index is 13.4. The number of nitrogens with one attached hydrogen (secondary N) is 1. The molecule has 1 rings (SSSR count). The van der Waals surface area contributed by atoms with E-state index in [1.807, 2.05) is 0 Å². The first-order chi connectivity index (χ1) is 7.20. The van der Waals surface area contributed by atoms with Crippen LogP contribution >= 0.6 is 0 Å². The Kier molecular flexibility index (Phi) is 4.65. The van der Waals surface area contributed by atoms with Crippen LogP contribution in [0, 0.1) is 11.6 Å². The Morgan fingerprint density at radius 1 is 1.33 bits per heavy atom. The van der Waals surface area contributed by atoms with E-state index in [0.717, 1.165) is 0 Å². The summed E-state index contributed by atoms with van der Waals surface area (Å²) in [6.45, 7) is 2.59. The molecule has 1 atom stereocenters. The molecule has 0 spiro atoms. The number of likely N-dealkylation sites (N-methyl/N-ethyl adjacent to an activating group) is 1. The largest absolute Gasteiger partial charge is 0.372 e. The van der Waals surface area contributed by atoms with Gasteiger partial charge in [-0.25, -0.2) is 8.78 Å². The molecular formula is C11H15F2NO. The quantitative estimate of drug-likeness (QED) is 0.813. The molecular weight excluding hydrogens is 200 g/mol. The summed E-state index contributed by atoms with van der Waals surface area (Å²) in [4.78, 5) is 0. The molecule has 84 valence electrons. The van der Waals surface area contributed by atoms with Crippen LogP contribution in [-0.4, -0.2) is 20.2 Å². The van der Waals surface area contributed by atoms with Crippen LogP contribution in [0.2, 0.25) is 0 Å². The molecule has 0 amide bonds. The Morgan fingerprint density at radius 2 is 1.93 bits per heavy atom. The van der Waals surface area contributed by atoms with Gasteiger partial charge in [-0.05, 0) is 26.1 Å². The van der Waals surface area contributed by atoms with Crippen LogP contribution in [0.25, 0.3) is 0 Å². The molecule has 0 radical (unpaired) electrons. The molecule has 0 unspecified atom stereocenters. The lowest BCUT2D eigenvalue weighted by Crippen LogP contribution is -2.21. The van der Waals surface area contributed by atoms with Crippen LogP contribution in [0.1, 0.15) is 18.6 Å². The summed E-state index contributed by atoms with van der Waals surface area (Å²) in [6.07, 6.45) is -0.582. The predicted molar refractivity (Wildman–Crippen MR) is 54.7 cm³/mol. The fourth-order valence-electron chi connectivity index (χ4n) is 1.45. The summed E-state index contributed by atoms with van der Waals surface area (Å²) in [5, 5.41) is 2.85. The number of hydrogen-bond acceptors (Lipinski definition) is 2. The Bertz CT molecular complexity index is 291. The summed E-state index contributed by atoms with van der Waals surface area (Å²) in [6, 6.07) is 3.82. The first-order valence-electron chi connectivity index (χ1n) is 4.90. The average molecular weight is 215 g/mol. The van der Waals surface area contributed by atoms with E-state index in [-0.39, 0.29) is 5.56 Å². The molecule has 0 heterocycles. The van der Waals surface area contributed by atoms with E-state index in [0.29, 0.717) is 13.2 Å². The zero-order valence-electron chi connectivity index (χ0n) is 8.89. The van der Waals surface area contributed by atoms with Gasteiger partial charge >= 0.3 is 0 Å². The average Bonchev–Trinajstić information content (AvgIpc) is 2.18. The summed E-state index contributed by atoms with van der Waals surface area (Å²) >= 11 is 0. The van der Waals surface area contributed by atoms with Gasteiger partial charge in [0.1, 0.15) is 17.7 Å². The standard InChI is InChI=1S/C11H15F2NO/c1-3-15-10(7-14-2)11-8(12)5-4-6-9(11)13/h4-6,10,14H,3,7H2,1-2H3/t10-/m0/s1. The lowest BCUT2D eigenvalue weighted by atomic mass is 10.1. The van der Waals surface area contributed by atoms with Crippen molar-refractivity contribution in [2.45, 2.75) is 13.0 Å². The van der Waals surface area contributed by atoms with Gasteiger partial charge in [-0.3, -0.25) is 0 Å². The van der Waals surface area contributed by atoms with E-state index >= 15 is 0 Å². The van der Waals surface area contributed by atoms with Crippen molar-refractivity contribution < 1.29 is 13.5 Å². The van der Waals surface area contributed by atoms with Gasteiger partial charge in [-0.2, -0.15) is 0 Å². The Hall–Kier alpha value is -1.00. The highest BCUT2D eigenvalue weighted by Gasteiger charge is 2.19.